The predicted molar refractivity (Wildman–Crippen MR) is 91.6 cm³/mol. The third-order valence-corrected chi connectivity index (χ3v) is 5.89. The maximum absolute atomic E-state index is 11.8. The molecule has 0 aliphatic heterocycles. The molecule has 0 unspecified atom stereocenters. The summed E-state index contributed by atoms with van der Waals surface area (Å²) in [6, 6.07) is 0. The highest BCUT2D eigenvalue weighted by Crippen LogP contribution is 2.51. The van der Waals surface area contributed by atoms with E-state index in [9.17, 15) is 9.90 Å². The topological polar surface area (TPSA) is 93.5 Å². The molecule has 3 N–H and O–H groups in total. The van der Waals surface area contributed by atoms with E-state index >= 15 is 0 Å². The van der Waals surface area contributed by atoms with E-state index in [-0.39, 0.29) is 11.8 Å². The van der Waals surface area contributed by atoms with Gasteiger partial charge in [-0.05, 0) is 41.1 Å². The lowest BCUT2D eigenvalue weighted by atomic mass is 9.75. The van der Waals surface area contributed by atoms with Crippen LogP contribution in [0.25, 0.3) is 5.52 Å². The van der Waals surface area contributed by atoms with Gasteiger partial charge in [-0.15, -0.1) is 0 Å². The van der Waals surface area contributed by atoms with E-state index in [4.69, 9.17) is 17.3 Å². The average Bonchev–Trinajstić information content (AvgIpc) is 3.06. The Morgan fingerprint density at radius 3 is 2.87 bits per heavy atom. The zero-order chi connectivity index (χ0) is 16.9. The van der Waals surface area contributed by atoms with Gasteiger partial charge in [0.25, 0.3) is 0 Å². The Kier molecular flexibility index (Phi) is 4.04. The third-order valence-electron chi connectivity index (χ3n) is 5.07. The molecule has 8 heteroatoms. The summed E-state index contributed by atoms with van der Waals surface area (Å²) in [6.45, 7) is 3.93. The normalized spacial score (nSPS) is 24.7. The Labute approximate surface area is 147 Å². The fourth-order valence-electron chi connectivity index (χ4n) is 3.62. The molecule has 0 radical (unpaired) electrons. The van der Waals surface area contributed by atoms with Crippen LogP contribution in [0.1, 0.15) is 44.9 Å². The molecule has 2 aromatic heterocycles. The van der Waals surface area contributed by atoms with Crippen molar-refractivity contribution >= 4 is 44.8 Å². The average molecular weight is 402 g/mol. The minimum absolute atomic E-state index is 0.0200. The van der Waals surface area contributed by atoms with Crippen molar-refractivity contribution in [3.63, 3.8) is 0 Å². The summed E-state index contributed by atoms with van der Waals surface area (Å²) in [5.41, 5.74) is 5.85. The summed E-state index contributed by atoms with van der Waals surface area (Å²) >= 11 is 9.70. The first-order chi connectivity index (χ1) is 10.8. The van der Waals surface area contributed by atoms with Crippen molar-refractivity contribution in [2.45, 2.75) is 39.0 Å². The number of nitrogens with two attached hydrogens (primary N) is 1. The number of imidazole rings is 1. The minimum atomic E-state index is -0.734. The first kappa shape index (κ1) is 16.5. The van der Waals surface area contributed by atoms with Crippen molar-refractivity contribution in [2.75, 3.05) is 5.73 Å². The first-order valence-corrected chi connectivity index (χ1v) is 8.66. The fraction of sp³-hybridized carbons (Fsp3) is 0.533. The van der Waals surface area contributed by atoms with Gasteiger partial charge in [0.05, 0.1) is 11.6 Å². The monoisotopic (exact) mass is 400 g/mol. The van der Waals surface area contributed by atoms with Crippen LogP contribution in [0.3, 0.4) is 0 Å². The molecule has 0 aromatic carbocycles. The highest BCUT2D eigenvalue weighted by atomic mass is 79.9. The SMILES string of the molecule is CC(C)[C@]1(C(=O)O)CC[C@H](c2nc(Br)c3c(N)ncc(Cl)n23)C1. The van der Waals surface area contributed by atoms with E-state index in [1.807, 2.05) is 13.8 Å². The van der Waals surface area contributed by atoms with E-state index in [1.54, 1.807) is 4.40 Å². The lowest BCUT2D eigenvalue weighted by molar-refractivity contribution is -0.151. The number of hydrogen-bond donors (Lipinski definition) is 2. The minimum Gasteiger partial charge on any atom is -0.481 e. The van der Waals surface area contributed by atoms with Gasteiger partial charge in [0, 0.05) is 5.92 Å². The van der Waals surface area contributed by atoms with Crippen LogP contribution in [-0.2, 0) is 4.79 Å². The van der Waals surface area contributed by atoms with Crippen molar-refractivity contribution < 1.29 is 9.90 Å². The van der Waals surface area contributed by atoms with E-state index in [1.165, 1.54) is 6.20 Å². The molecule has 124 valence electrons. The van der Waals surface area contributed by atoms with Gasteiger partial charge in [0.1, 0.15) is 21.1 Å². The number of carboxylic acid groups (broad SMARTS) is 1. The molecule has 1 aliphatic carbocycles. The first-order valence-electron chi connectivity index (χ1n) is 7.49. The molecule has 1 saturated carbocycles. The van der Waals surface area contributed by atoms with Crippen molar-refractivity contribution in [2.24, 2.45) is 11.3 Å². The number of nitrogen functional groups attached to an aromatic ring is 1. The number of fused-ring (bicyclic) bond motifs is 1. The molecule has 0 spiro atoms. The van der Waals surface area contributed by atoms with Crippen molar-refractivity contribution in [3.8, 4) is 0 Å². The molecule has 1 aliphatic rings. The largest absolute Gasteiger partial charge is 0.481 e. The molecular formula is C15H18BrClN4O2. The second-order valence-electron chi connectivity index (χ2n) is 6.47. The van der Waals surface area contributed by atoms with E-state index < -0.39 is 11.4 Å². The van der Waals surface area contributed by atoms with Crippen LogP contribution < -0.4 is 5.73 Å². The van der Waals surface area contributed by atoms with Crippen LogP contribution in [0.15, 0.2) is 10.8 Å². The molecule has 23 heavy (non-hydrogen) atoms. The Hall–Kier alpha value is -1.34. The van der Waals surface area contributed by atoms with Gasteiger partial charge in [-0.25, -0.2) is 9.97 Å². The van der Waals surface area contributed by atoms with Crippen molar-refractivity contribution in [1.29, 1.82) is 0 Å². The molecule has 2 atom stereocenters. The summed E-state index contributed by atoms with van der Waals surface area (Å²) in [7, 11) is 0. The molecular weight excluding hydrogens is 384 g/mol. The lowest BCUT2D eigenvalue weighted by Crippen LogP contribution is -2.33. The Balaban J connectivity index is 2.10. The number of aliphatic carboxylic acids is 1. The van der Waals surface area contributed by atoms with Crippen LogP contribution >= 0.6 is 27.5 Å². The Bertz CT molecular complexity index is 791. The summed E-state index contributed by atoms with van der Waals surface area (Å²) in [5, 5.41) is 10.1. The quantitative estimate of drug-likeness (QED) is 0.817. The standard InChI is InChI=1S/C15H18BrClN4O2/c1-7(2)15(14(22)23)4-3-8(5-15)13-20-11(16)10-12(18)19-6-9(17)21(10)13/h6-8H,3-5H2,1-2H3,(H2,18,19)(H,22,23)/t8-,15-/m0/s1. The van der Waals surface area contributed by atoms with E-state index in [0.29, 0.717) is 33.9 Å². The van der Waals surface area contributed by atoms with Gasteiger partial charge < -0.3 is 10.8 Å². The zero-order valence-corrected chi connectivity index (χ0v) is 15.2. The maximum atomic E-state index is 11.8. The number of anilines is 1. The van der Waals surface area contributed by atoms with Crippen molar-refractivity contribution in [3.05, 3.63) is 21.8 Å². The number of nitrogens with zero attached hydrogens (tertiary/aromatic N) is 3. The highest BCUT2D eigenvalue weighted by molar-refractivity contribution is 9.10. The van der Waals surface area contributed by atoms with Gasteiger partial charge in [-0.1, -0.05) is 25.4 Å². The van der Waals surface area contributed by atoms with Crippen LogP contribution in [0, 0.1) is 11.3 Å². The molecule has 0 saturated heterocycles. The zero-order valence-electron chi connectivity index (χ0n) is 12.9. The smallest absolute Gasteiger partial charge is 0.309 e. The second kappa shape index (κ2) is 5.63. The van der Waals surface area contributed by atoms with Crippen LogP contribution in [-0.4, -0.2) is 25.4 Å². The summed E-state index contributed by atoms with van der Waals surface area (Å²) in [4.78, 5) is 20.5. The molecule has 2 aromatic rings. The number of hydrogen-bond acceptors (Lipinski definition) is 4. The molecule has 0 amide bonds. The number of rotatable bonds is 3. The summed E-state index contributed by atoms with van der Waals surface area (Å²) in [6.07, 6.45) is 3.43. The van der Waals surface area contributed by atoms with Crippen molar-refractivity contribution in [1.82, 2.24) is 14.4 Å². The third kappa shape index (κ3) is 2.41. The number of carboxylic acids is 1. The number of carbonyl (C=O) groups is 1. The number of halogens is 2. The van der Waals surface area contributed by atoms with E-state index in [2.05, 4.69) is 25.9 Å². The van der Waals surface area contributed by atoms with Gasteiger partial charge in [0.15, 0.2) is 5.82 Å². The molecule has 6 nitrogen and oxygen atoms in total. The lowest BCUT2D eigenvalue weighted by Gasteiger charge is -2.28. The molecule has 2 heterocycles. The fourth-order valence-corrected chi connectivity index (χ4v) is 4.41. The van der Waals surface area contributed by atoms with Gasteiger partial charge in [-0.3, -0.25) is 9.20 Å². The summed E-state index contributed by atoms with van der Waals surface area (Å²) in [5.74, 6) is 0.428. The molecule has 0 bridgehead atoms. The second-order valence-corrected chi connectivity index (χ2v) is 7.61. The van der Waals surface area contributed by atoms with Crippen LogP contribution in [0.4, 0.5) is 5.82 Å². The van der Waals surface area contributed by atoms with Gasteiger partial charge in [-0.2, -0.15) is 0 Å². The Morgan fingerprint density at radius 1 is 1.61 bits per heavy atom. The maximum Gasteiger partial charge on any atom is 0.309 e. The van der Waals surface area contributed by atoms with Gasteiger partial charge >= 0.3 is 5.97 Å². The van der Waals surface area contributed by atoms with Gasteiger partial charge in [0.2, 0.25) is 0 Å². The molecule has 3 rings (SSSR count). The summed E-state index contributed by atoms with van der Waals surface area (Å²) < 4.78 is 2.36. The Morgan fingerprint density at radius 2 is 2.30 bits per heavy atom. The predicted octanol–water partition coefficient (Wildman–Crippen LogP) is 3.72. The highest BCUT2D eigenvalue weighted by Gasteiger charge is 2.49. The van der Waals surface area contributed by atoms with Crippen LogP contribution in [0.5, 0.6) is 0 Å². The number of aromatic nitrogens is 3. The molecule has 1 fully saturated rings. The van der Waals surface area contributed by atoms with E-state index in [0.717, 1.165) is 12.2 Å². The van der Waals surface area contributed by atoms with Crippen LogP contribution in [0.2, 0.25) is 5.15 Å².